The molecule has 1 fully saturated rings. The van der Waals surface area contributed by atoms with Crippen LogP contribution in [-0.2, 0) is 16.6 Å². The first-order chi connectivity index (χ1) is 17.9. The van der Waals surface area contributed by atoms with Gasteiger partial charge in [-0.05, 0) is 42.0 Å². The summed E-state index contributed by atoms with van der Waals surface area (Å²) in [5.41, 5.74) is 3.19. The average molecular weight is 516 g/mol. The number of furan rings is 1. The number of carbonyl (C=O) groups is 3. The number of ether oxygens (including phenoxy) is 1. The summed E-state index contributed by atoms with van der Waals surface area (Å²) < 4.78 is 11.3. The molecule has 3 N–H and O–H groups in total. The number of nitrogens with one attached hydrogen (secondary N) is 3. The number of imide groups is 1. The number of fused-ring (bicyclic) bond motifs is 2. The smallest absolute Gasteiger partial charge is 0.323 e. The lowest BCUT2D eigenvalue weighted by molar-refractivity contribution is -0.121. The summed E-state index contributed by atoms with van der Waals surface area (Å²) in [6, 6.07) is 13.6. The standard InChI is InChI=1S/C25H21N6O5P/c1-35-16-5-4-14-12-31(22(32)17(14)9-16)13-37-25(23(33)29-24(34)30-25)20-10-18-19(36-20)6-7-21(28-18)27-15-3-2-8-26-11-15/h2-11,37H,12-13H2,1H3,(H,27,28)(H2,29,30,33,34). The van der Waals surface area contributed by atoms with Gasteiger partial charge >= 0.3 is 6.03 Å². The van der Waals surface area contributed by atoms with E-state index in [1.807, 2.05) is 24.3 Å². The first kappa shape index (κ1) is 22.9. The van der Waals surface area contributed by atoms with Crippen molar-refractivity contribution < 1.29 is 23.5 Å². The van der Waals surface area contributed by atoms with Crippen LogP contribution in [0, 0.1) is 0 Å². The Morgan fingerprint density at radius 2 is 2.08 bits per heavy atom. The Kier molecular flexibility index (Phi) is 5.49. The molecule has 2 atom stereocenters. The predicted molar refractivity (Wildman–Crippen MR) is 136 cm³/mol. The van der Waals surface area contributed by atoms with E-state index in [0.29, 0.717) is 34.8 Å². The van der Waals surface area contributed by atoms with Gasteiger partial charge < -0.3 is 24.7 Å². The predicted octanol–water partition coefficient (Wildman–Crippen LogP) is 3.26. The lowest BCUT2D eigenvalue weighted by atomic mass is 10.1. The van der Waals surface area contributed by atoms with Crippen molar-refractivity contribution >= 4 is 49.0 Å². The van der Waals surface area contributed by atoms with Crippen LogP contribution in [0.5, 0.6) is 5.75 Å². The van der Waals surface area contributed by atoms with E-state index in [2.05, 4.69) is 25.9 Å². The molecular weight excluding hydrogens is 495 g/mol. The minimum atomic E-state index is -1.46. The molecule has 4 amide bonds. The van der Waals surface area contributed by atoms with Crippen LogP contribution in [0.1, 0.15) is 21.7 Å². The molecule has 186 valence electrons. The number of benzene rings is 1. The summed E-state index contributed by atoms with van der Waals surface area (Å²) in [6.07, 6.45) is 3.59. The number of hydrogen-bond donors (Lipinski definition) is 3. The normalized spacial score (nSPS) is 18.9. The second-order valence-corrected chi connectivity index (χ2v) is 10.00. The molecule has 5 heterocycles. The van der Waals surface area contributed by atoms with Gasteiger partial charge in [0.05, 0.1) is 19.0 Å². The zero-order valence-electron chi connectivity index (χ0n) is 19.6. The molecule has 2 aliphatic rings. The molecule has 0 spiro atoms. The maximum Gasteiger partial charge on any atom is 0.323 e. The Morgan fingerprint density at radius 3 is 2.84 bits per heavy atom. The van der Waals surface area contributed by atoms with Crippen LogP contribution in [0.25, 0.3) is 11.1 Å². The van der Waals surface area contributed by atoms with E-state index in [9.17, 15) is 14.4 Å². The topological polar surface area (TPSA) is 139 Å². The number of pyridine rings is 2. The molecule has 2 aliphatic heterocycles. The summed E-state index contributed by atoms with van der Waals surface area (Å²) >= 11 is 0. The molecule has 2 unspecified atom stereocenters. The van der Waals surface area contributed by atoms with Crippen molar-refractivity contribution in [1.29, 1.82) is 0 Å². The molecule has 0 saturated carbocycles. The molecule has 0 bridgehead atoms. The number of nitrogens with zero attached hydrogens (tertiary/aromatic N) is 3. The molecule has 12 heteroatoms. The number of urea groups is 1. The molecule has 3 aromatic heterocycles. The van der Waals surface area contributed by atoms with Crippen LogP contribution < -0.4 is 20.7 Å². The van der Waals surface area contributed by atoms with Crippen molar-refractivity contribution in [1.82, 2.24) is 25.5 Å². The second kappa shape index (κ2) is 8.86. The van der Waals surface area contributed by atoms with Crippen LogP contribution in [0.15, 0.2) is 65.3 Å². The summed E-state index contributed by atoms with van der Waals surface area (Å²) in [4.78, 5) is 48.6. The number of hydrogen-bond acceptors (Lipinski definition) is 8. The van der Waals surface area contributed by atoms with Crippen LogP contribution in [-0.4, -0.2) is 46.1 Å². The summed E-state index contributed by atoms with van der Waals surface area (Å²) in [5.74, 6) is 0.733. The van der Waals surface area contributed by atoms with Gasteiger partial charge in [-0.15, -0.1) is 0 Å². The minimum absolute atomic E-state index is 0.154. The Labute approximate surface area is 212 Å². The van der Waals surface area contributed by atoms with E-state index < -0.39 is 17.2 Å². The number of anilines is 2. The van der Waals surface area contributed by atoms with Gasteiger partial charge in [-0.25, -0.2) is 9.78 Å². The highest BCUT2D eigenvalue weighted by Crippen LogP contribution is 2.45. The van der Waals surface area contributed by atoms with E-state index in [0.717, 1.165) is 11.3 Å². The second-order valence-electron chi connectivity index (χ2n) is 8.58. The lowest BCUT2D eigenvalue weighted by Crippen LogP contribution is -2.40. The first-order valence-electron chi connectivity index (χ1n) is 11.4. The minimum Gasteiger partial charge on any atom is -0.497 e. The molecule has 11 nitrogen and oxygen atoms in total. The summed E-state index contributed by atoms with van der Waals surface area (Å²) in [7, 11) is 1.34. The summed E-state index contributed by atoms with van der Waals surface area (Å²) in [5, 5.41) is 6.76. The molecular formula is C25H21N6O5P. The lowest BCUT2D eigenvalue weighted by Gasteiger charge is -2.26. The SMILES string of the molecule is COc1ccc2c(c1)C(=O)N(CPC1(c3cc4nc(Nc5cccnc5)ccc4o3)NC(=O)NC1=O)C2. The van der Waals surface area contributed by atoms with Crippen LogP contribution in [0.4, 0.5) is 16.3 Å². The van der Waals surface area contributed by atoms with Gasteiger partial charge in [0.15, 0.2) is 10.9 Å². The number of amides is 4. The molecule has 6 rings (SSSR count). The highest BCUT2D eigenvalue weighted by Gasteiger charge is 2.51. The molecule has 37 heavy (non-hydrogen) atoms. The third kappa shape index (κ3) is 4.03. The van der Waals surface area contributed by atoms with Crippen molar-refractivity contribution in [2.45, 2.75) is 11.8 Å². The third-order valence-electron chi connectivity index (χ3n) is 6.28. The van der Waals surface area contributed by atoms with Crippen molar-refractivity contribution in [2.24, 2.45) is 0 Å². The molecule has 0 radical (unpaired) electrons. The first-order valence-corrected chi connectivity index (χ1v) is 12.6. The van der Waals surface area contributed by atoms with Gasteiger partial charge in [-0.1, -0.05) is 14.6 Å². The number of aromatic nitrogens is 2. The monoisotopic (exact) mass is 516 g/mol. The van der Waals surface area contributed by atoms with E-state index in [-0.39, 0.29) is 26.5 Å². The number of carbonyl (C=O) groups excluding carboxylic acids is 3. The number of rotatable bonds is 7. The van der Waals surface area contributed by atoms with Gasteiger partial charge in [0.1, 0.15) is 22.8 Å². The molecule has 1 aromatic carbocycles. The van der Waals surface area contributed by atoms with E-state index in [4.69, 9.17) is 9.15 Å². The Morgan fingerprint density at radius 1 is 1.19 bits per heavy atom. The highest BCUT2D eigenvalue weighted by molar-refractivity contribution is 7.41. The van der Waals surface area contributed by atoms with Gasteiger partial charge in [-0.2, -0.15) is 0 Å². The van der Waals surface area contributed by atoms with Crippen molar-refractivity contribution in [2.75, 3.05) is 18.7 Å². The van der Waals surface area contributed by atoms with Gasteiger partial charge in [0, 0.05) is 30.7 Å². The van der Waals surface area contributed by atoms with E-state index in [1.54, 1.807) is 48.7 Å². The highest BCUT2D eigenvalue weighted by atomic mass is 31.1. The fourth-order valence-electron chi connectivity index (χ4n) is 4.41. The van der Waals surface area contributed by atoms with E-state index in [1.165, 1.54) is 0 Å². The zero-order chi connectivity index (χ0) is 25.6. The van der Waals surface area contributed by atoms with Crippen molar-refractivity contribution in [3.05, 3.63) is 77.8 Å². The van der Waals surface area contributed by atoms with Crippen LogP contribution >= 0.6 is 8.58 Å². The van der Waals surface area contributed by atoms with Gasteiger partial charge in [0.2, 0.25) is 0 Å². The van der Waals surface area contributed by atoms with E-state index >= 15 is 0 Å². The average Bonchev–Trinajstić information content (AvgIpc) is 3.56. The zero-order valence-corrected chi connectivity index (χ0v) is 20.6. The Hall–Kier alpha value is -4.50. The summed E-state index contributed by atoms with van der Waals surface area (Å²) in [6.45, 7) is 0.405. The largest absolute Gasteiger partial charge is 0.497 e. The van der Waals surface area contributed by atoms with Gasteiger partial charge in [0.25, 0.3) is 11.8 Å². The van der Waals surface area contributed by atoms with Crippen LogP contribution in [0.2, 0.25) is 0 Å². The Bertz CT molecular complexity index is 1560. The third-order valence-corrected chi connectivity index (χ3v) is 7.95. The number of methoxy groups -OCH3 is 1. The quantitative estimate of drug-likeness (QED) is 0.251. The fraction of sp³-hybridized carbons (Fsp3) is 0.160. The maximum absolute atomic E-state index is 13.1. The van der Waals surface area contributed by atoms with Crippen LogP contribution in [0.3, 0.4) is 0 Å². The maximum atomic E-state index is 13.1. The molecule has 1 saturated heterocycles. The van der Waals surface area contributed by atoms with Crippen molar-refractivity contribution in [3.63, 3.8) is 0 Å². The van der Waals surface area contributed by atoms with Gasteiger partial charge in [-0.3, -0.25) is 19.9 Å². The molecule has 0 aliphatic carbocycles. The fourth-order valence-corrected chi connectivity index (χ4v) is 5.82. The molecule has 4 aromatic rings. The Balaban J connectivity index is 1.27. The van der Waals surface area contributed by atoms with Crippen molar-refractivity contribution in [3.8, 4) is 5.75 Å².